The summed E-state index contributed by atoms with van der Waals surface area (Å²) in [6.45, 7) is 2.04. The Hall–Kier alpha value is -2.42. The van der Waals surface area contributed by atoms with Gasteiger partial charge in [-0.25, -0.2) is 0 Å². The molecule has 1 aliphatic carbocycles. The second-order valence-electron chi connectivity index (χ2n) is 6.38. The molecule has 1 heterocycles. The number of hydrogen-bond acceptors (Lipinski definition) is 3. The second kappa shape index (κ2) is 5.34. The summed E-state index contributed by atoms with van der Waals surface area (Å²) in [4.78, 5) is 24.4. The summed E-state index contributed by atoms with van der Waals surface area (Å²) in [5.74, 6) is -1.46. The minimum absolute atomic E-state index is 0.0913. The molecular formula is C20H18O3. The topological polar surface area (TPSA) is 43.4 Å². The number of benzene rings is 2. The summed E-state index contributed by atoms with van der Waals surface area (Å²) in [7, 11) is 0. The Bertz CT molecular complexity index is 821. The van der Waals surface area contributed by atoms with Gasteiger partial charge in [-0.05, 0) is 28.7 Å². The third-order valence-corrected chi connectivity index (χ3v) is 5.18. The average molecular weight is 306 g/mol. The highest BCUT2D eigenvalue weighted by molar-refractivity contribution is 5.98. The molecule has 0 saturated carbocycles. The highest BCUT2D eigenvalue weighted by Gasteiger charge is 2.52. The lowest BCUT2D eigenvalue weighted by molar-refractivity contribution is -0.154. The largest absolute Gasteiger partial charge is 0.393 e. The van der Waals surface area contributed by atoms with E-state index in [1.54, 1.807) is 0 Å². The fraction of sp³-hybridized carbons (Fsp3) is 0.300. The van der Waals surface area contributed by atoms with Gasteiger partial charge in [-0.3, -0.25) is 9.59 Å². The van der Waals surface area contributed by atoms with Crippen molar-refractivity contribution in [2.24, 2.45) is 17.8 Å². The Morgan fingerprint density at radius 2 is 1.65 bits per heavy atom. The number of ether oxygens (including phenoxy) is 1. The molecule has 116 valence electrons. The molecule has 2 aliphatic rings. The maximum Gasteiger partial charge on any atom is 0.318 e. The fourth-order valence-corrected chi connectivity index (χ4v) is 3.96. The summed E-state index contributed by atoms with van der Waals surface area (Å²) in [6.07, 6.45) is 5.00. The molecule has 1 fully saturated rings. The molecule has 2 aromatic carbocycles. The Morgan fingerprint density at radius 3 is 2.43 bits per heavy atom. The molecule has 1 aliphatic heterocycles. The van der Waals surface area contributed by atoms with E-state index >= 15 is 0 Å². The third kappa shape index (κ3) is 2.19. The molecule has 0 radical (unpaired) electrons. The number of allylic oxidation sites excluding steroid dienone is 2. The van der Waals surface area contributed by atoms with Crippen LogP contribution in [-0.2, 0) is 14.3 Å². The molecule has 3 nitrogen and oxygen atoms in total. The van der Waals surface area contributed by atoms with Gasteiger partial charge in [-0.15, -0.1) is 0 Å². The van der Waals surface area contributed by atoms with Crippen LogP contribution in [0.4, 0.5) is 0 Å². The van der Waals surface area contributed by atoms with Crippen molar-refractivity contribution in [3.63, 3.8) is 0 Å². The monoisotopic (exact) mass is 306 g/mol. The molecule has 4 atom stereocenters. The standard InChI is InChI=1S/C20H18O3/c1-2-12-9-10-16(18-17(12)19(21)23-20(18)22)15-8-7-13-5-3-4-6-14(13)11-15/h3-12,16-18H,2H2,1H3/t12-,16-,17+,18+/m1/s1. The first-order chi connectivity index (χ1) is 11.2. The number of fused-ring (bicyclic) bond motifs is 2. The molecule has 0 amide bonds. The number of esters is 2. The zero-order valence-electron chi connectivity index (χ0n) is 12.9. The maximum absolute atomic E-state index is 12.3. The van der Waals surface area contributed by atoms with Crippen LogP contribution in [0.1, 0.15) is 24.8 Å². The van der Waals surface area contributed by atoms with Gasteiger partial charge in [-0.1, -0.05) is 61.5 Å². The Labute approximate surface area is 134 Å². The Balaban J connectivity index is 1.80. The SMILES string of the molecule is CC[C@@H]1C=C[C@H](c2ccc3ccccc3c2)[C@@H]2C(=O)OC(=O)[C@H]21. The van der Waals surface area contributed by atoms with E-state index in [1.807, 2.05) is 19.1 Å². The normalized spacial score (nSPS) is 29.6. The second-order valence-corrected chi connectivity index (χ2v) is 6.38. The van der Waals surface area contributed by atoms with E-state index < -0.39 is 5.92 Å². The van der Waals surface area contributed by atoms with Gasteiger partial charge in [0.25, 0.3) is 0 Å². The van der Waals surface area contributed by atoms with E-state index in [-0.39, 0.29) is 29.7 Å². The lowest BCUT2D eigenvalue weighted by Gasteiger charge is -2.30. The van der Waals surface area contributed by atoms with Crippen molar-refractivity contribution in [3.05, 3.63) is 60.2 Å². The van der Waals surface area contributed by atoms with Crippen LogP contribution >= 0.6 is 0 Å². The molecular weight excluding hydrogens is 288 g/mol. The van der Waals surface area contributed by atoms with E-state index in [1.165, 1.54) is 5.39 Å². The molecule has 1 saturated heterocycles. The van der Waals surface area contributed by atoms with E-state index in [0.29, 0.717) is 0 Å². The molecule has 4 rings (SSSR count). The van der Waals surface area contributed by atoms with Gasteiger partial charge in [0, 0.05) is 5.92 Å². The van der Waals surface area contributed by atoms with Crippen LogP contribution in [0.3, 0.4) is 0 Å². The van der Waals surface area contributed by atoms with E-state index in [2.05, 4.69) is 42.5 Å². The zero-order chi connectivity index (χ0) is 16.0. The van der Waals surface area contributed by atoms with Crippen LogP contribution in [0, 0.1) is 17.8 Å². The summed E-state index contributed by atoms with van der Waals surface area (Å²) in [6, 6.07) is 14.4. The minimum Gasteiger partial charge on any atom is -0.393 e. The van der Waals surface area contributed by atoms with Gasteiger partial charge >= 0.3 is 11.9 Å². The lowest BCUT2D eigenvalue weighted by atomic mass is 9.69. The summed E-state index contributed by atoms with van der Waals surface area (Å²) >= 11 is 0. The van der Waals surface area contributed by atoms with Crippen LogP contribution in [0.5, 0.6) is 0 Å². The molecule has 3 heteroatoms. The van der Waals surface area contributed by atoms with Crippen LogP contribution < -0.4 is 0 Å². The van der Waals surface area contributed by atoms with Gasteiger partial charge in [0.05, 0.1) is 11.8 Å². The zero-order valence-corrected chi connectivity index (χ0v) is 12.9. The van der Waals surface area contributed by atoms with Crippen molar-refractivity contribution in [1.29, 1.82) is 0 Å². The third-order valence-electron chi connectivity index (χ3n) is 5.18. The van der Waals surface area contributed by atoms with Crippen LogP contribution in [0.25, 0.3) is 10.8 Å². The number of rotatable bonds is 2. The summed E-state index contributed by atoms with van der Waals surface area (Å²) < 4.78 is 4.96. The van der Waals surface area contributed by atoms with Crippen molar-refractivity contribution < 1.29 is 14.3 Å². The molecule has 0 bridgehead atoms. The van der Waals surface area contributed by atoms with Gasteiger partial charge in [0.1, 0.15) is 0 Å². The maximum atomic E-state index is 12.3. The molecule has 0 aromatic heterocycles. The summed E-state index contributed by atoms with van der Waals surface area (Å²) in [5, 5.41) is 2.31. The van der Waals surface area contributed by atoms with Crippen molar-refractivity contribution >= 4 is 22.7 Å². The molecule has 2 aromatic rings. The lowest BCUT2D eigenvalue weighted by Crippen LogP contribution is -2.32. The quantitative estimate of drug-likeness (QED) is 0.481. The number of carbonyl (C=O) groups excluding carboxylic acids is 2. The van der Waals surface area contributed by atoms with E-state index in [0.717, 1.165) is 17.4 Å². The predicted octanol–water partition coefficient (Wildman–Crippen LogP) is 3.84. The highest BCUT2D eigenvalue weighted by Crippen LogP contribution is 2.46. The predicted molar refractivity (Wildman–Crippen MR) is 87.7 cm³/mol. The van der Waals surface area contributed by atoms with Gasteiger partial charge in [-0.2, -0.15) is 0 Å². The Morgan fingerprint density at radius 1 is 0.913 bits per heavy atom. The highest BCUT2D eigenvalue weighted by atomic mass is 16.6. The molecule has 0 unspecified atom stereocenters. The van der Waals surface area contributed by atoms with Gasteiger partial charge < -0.3 is 4.74 Å². The fourth-order valence-electron chi connectivity index (χ4n) is 3.96. The van der Waals surface area contributed by atoms with Gasteiger partial charge in [0.15, 0.2) is 0 Å². The smallest absolute Gasteiger partial charge is 0.318 e. The van der Waals surface area contributed by atoms with E-state index in [4.69, 9.17) is 4.74 Å². The van der Waals surface area contributed by atoms with Crippen molar-refractivity contribution in [2.45, 2.75) is 19.3 Å². The first-order valence-corrected chi connectivity index (χ1v) is 8.11. The van der Waals surface area contributed by atoms with Crippen LogP contribution in [0.2, 0.25) is 0 Å². The van der Waals surface area contributed by atoms with Crippen molar-refractivity contribution in [3.8, 4) is 0 Å². The Kier molecular flexibility index (Phi) is 3.29. The number of carbonyl (C=O) groups is 2. The average Bonchev–Trinajstić information content (AvgIpc) is 2.89. The van der Waals surface area contributed by atoms with Crippen LogP contribution in [0.15, 0.2) is 54.6 Å². The van der Waals surface area contributed by atoms with Crippen molar-refractivity contribution in [2.75, 3.05) is 0 Å². The van der Waals surface area contributed by atoms with Crippen molar-refractivity contribution in [1.82, 2.24) is 0 Å². The number of cyclic esters (lactones) is 2. The van der Waals surface area contributed by atoms with Gasteiger partial charge in [0.2, 0.25) is 0 Å². The molecule has 23 heavy (non-hydrogen) atoms. The summed E-state index contributed by atoms with van der Waals surface area (Å²) in [5.41, 5.74) is 1.07. The minimum atomic E-state index is -0.390. The molecule has 0 spiro atoms. The number of hydrogen-bond donors (Lipinski definition) is 0. The van der Waals surface area contributed by atoms with E-state index in [9.17, 15) is 9.59 Å². The first-order valence-electron chi connectivity index (χ1n) is 8.11. The van der Waals surface area contributed by atoms with Crippen LogP contribution in [-0.4, -0.2) is 11.9 Å². The first kappa shape index (κ1) is 14.2. The molecule has 0 N–H and O–H groups in total.